The molecule has 0 aromatic heterocycles. The standard InChI is InChI=1S/C13H25N3O3/c1-5-9(2)14-13(18)15-12(17)8-16-6-10(3)19-11(4)7-16/h9-11H,5-8H2,1-4H3,(H2,14,15,17,18)/p+1/t9-,10+,11+/m0/s1. The van der Waals surface area contributed by atoms with Crippen LogP contribution in [-0.4, -0.2) is 49.8 Å². The Bertz CT molecular complexity index is 312. The number of imide groups is 1. The summed E-state index contributed by atoms with van der Waals surface area (Å²) in [4.78, 5) is 24.4. The molecule has 0 radical (unpaired) electrons. The Hall–Kier alpha value is -1.14. The Labute approximate surface area is 114 Å². The Morgan fingerprint density at radius 3 is 2.42 bits per heavy atom. The molecule has 0 spiro atoms. The van der Waals surface area contributed by atoms with Gasteiger partial charge in [0.05, 0.1) is 0 Å². The highest BCUT2D eigenvalue weighted by Crippen LogP contribution is 1.97. The molecule has 0 aromatic rings. The first-order chi connectivity index (χ1) is 8.90. The lowest BCUT2D eigenvalue weighted by Gasteiger charge is -2.31. The summed E-state index contributed by atoms with van der Waals surface area (Å²) < 4.78 is 5.61. The lowest BCUT2D eigenvalue weighted by molar-refractivity contribution is -0.907. The van der Waals surface area contributed by atoms with E-state index >= 15 is 0 Å². The quantitative estimate of drug-likeness (QED) is 0.634. The Morgan fingerprint density at radius 1 is 1.32 bits per heavy atom. The van der Waals surface area contributed by atoms with Gasteiger partial charge in [0.15, 0.2) is 6.54 Å². The average molecular weight is 272 g/mol. The molecule has 3 atom stereocenters. The van der Waals surface area contributed by atoms with Gasteiger partial charge in [-0.15, -0.1) is 0 Å². The van der Waals surface area contributed by atoms with Crippen molar-refractivity contribution in [2.45, 2.75) is 52.4 Å². The van der Waals surface area contributed by atoms with Gasteiger partial charge in [-0.25, -0.2) is 4.79 Å². The molecule has 1 aliphatic heterocycles. The van der Waals surface area contributed by atoms with Crippen LogP contribution in [0.3, 0.4) is 0 Å². The van der Waals surface area contributed by atoms with Gasteiger partial charge in [-0.3, -0.25) is 10.1 Å². The predicted octanol–water partition coefficient (Wildman–Crippen LogP) is -0.697. The molecular weight excluding hydrogens is 246 g/mol. The molecule has 0 bridgehead atoms. The SMILES string of the molecule is CC[C@H](C)NC(=O)NC(=O)C[NH+]1C[C@@H](C)O[C@H](C)C1. The number of ether oxygens (including phenoxy) is 1. The van der Waals surface area contributed by atoms with Crippen molar-refractivity contribution in [2.24, 2.45) is 0 Å². The zero-order chi connectivity index (χ0) is 14.4. The Morgan fingerprint density at radius 2 is 1.89 bits per heavy atom. The topological polar surface area (TPSA) is 71.9 Å². The van der Waals surface area contributed by atoms with Crippen molar-refractivity contribution < 1.29 is 19.2 Å². The summed E-state index contributed by atoms with van der Waals surface area (Å²) in [6.07, 6.45) is 1.15. The summed E-state index contributed by atoms with van der Waals surface area (Å²) in [6, 6.07) is -0.336. The van der Waals surface area contributed by atoms with Crippen LogP contribution in [0.2, 0.25) is 0 Å². The van der Waals surface area contributed by atoms with Crippen molar-refractivity contribution in [3.63, 3.8) is 0 Å². The highest BCUT2D eigenvalue weighted by atomic mass is 16.5. The summed E-state index contributed by atoms with van der Waals surface area (Å²) in [7, 11) is 0. The monoisotopic (exact) mass is 272 g/mol. The van der Waals surface area contributed by atoms with Gasteiger partial charge in [0, 0.05) is 6.04 Å². The second-order valence-electron chi connectivity index (χ2n) is 5.42. The van der Waals surface area contributed by atoms with Gasteiger partial charge in [-0.1, -0.05) is 6.92 Å². The zero-order valence-corrected chi connectivity index (χ0v) is 12.3. The van der Waals surface area contributed by atoms with Crippen LogP contribution in [0, 0.1) is 0 Å². The average Bonchev–Trinajstić information content (AvgIpc) is 2.26. The molecule has 3 amide bonds. The van der Waals surface area contributed by atoms with Crippen molar-refractivity contribution in [3.05, 3.63) is 0 Å². The molecule has 3 N–H and O–H groups in total. The number of morpholine rings is 1. The van der Waals surface area contributed by atoms with Crippen LogP contribution >= 0.6 is 0 Å². The summed E-state index contributed by atoms with van der Waals surface area (Å²) >= 11 is 0. The number of quaternary nitrogens is 1. The summed E-state index contributed by atoms with van der Waals surface area (Å²) in [6.45, 7) is 9.79. The lowest BCUT2D eigenvalue weighted by atomic mass is 10.2. The lowest BCUT2D eigenvalue weighted by Crippen LogP contribution is -3.16. The van der Waals surface area contributed by atoms with E-state index < -0.39 is 6.03 Å². The van der Waals surface area contributed by atoms with Crippen molar-refractivity contribution in [1.82, 2.24) is 10.6 Å². The third kappa shape index (κ3) is 6.02. The normalized spacial score (nSPS) is 28.5. The van der Waals surface area contributed by atoms with Crippen LogP contribution < -0.4 is 15.5 Å². The van der Waals surface area contributed by atoms with Crippen LogP contribution in [-0.2, 0) is 9.53 Å². The molecule has 0 aliphatic carbocycles. The second-order valence-corrected chi connectivity index (χ2v) is 5.42. The van der Waals surface area contributed by atoms with Gasteiger partial charge in [-0.2, -0.15) is 0 Å². The first-order valence-electron chi connectivity index (χ1n) is 7.00. The second kappa shape index (κ2) is 7.45. The zero-order valence-electron chi connectivity index (χ0n) is 12.3. The number of amides is 3. The number of carbonyl (C=O) groups excluding carboxylic acids is 2. The molecule has 1 heterocycles. The minimum Gasteiger partial charge on any atom is -0.364 e. The molecule has 19 heavy (non-hydrogen) atoms. The van der Waals surface area contributed by atoms with Gasteiger partial charge in [0.25, 0.3) is 5.91 Å². The number of carbonyl (C=O) groups is 2. The van der Waals surface area contributed by atoms with Gasteiger partial charge >= 0.3 is 6.03 Å². The fraction of sp³-hybridized carbons (Fsp3) is 0.846. The van der Waals surface area contributed by atoms with Crippen molar-refractivity contribution in [2.75, 3.05) is 19.6 Å². The van der Waals surface area contributed by atoms with Crippen LogP contribution in [0.15, 0.2) is 0 Å². The molecule has 0 unspecified atom stereocenters. The van der Waals surface area contributed by atoms with E-state index in [1.807, 2.05) is 27.7 Å². The van der Waals surface area contributed by atoms with E-state index in [0.717, 1.165) is 24.4 Å². The summed E-state index contributed by atoms with van der Waals surface area (Å²) in [5.41, 5.74) is 0. The van der Waals surface area contributed by atoms with E-state index in [2.05, 4.69) is 10.6 Å². The highest BCUT2D eigenvalue weighted by Gasteiger charge is 2.27. The van der Waals surface area contributed by atoms with Crippen LogP contribution in [0.25, 0.3) is 0 Å². The Kier molecular flexibility index (Phi) is 6.24. The highest BCUT2D eigenvalue weighted by molar-refractivity contribution is 5.94. The molecule has 0 aromatic carbocycles. The smallest absolute Gasteiger partial charge is 0.321 e. The Balaban J connectivity index is 2.32. The van der Waals surface area contributed by atoms with Gasteiger partial charge < -0.3 is 15.0 Å². The number of nitrogens with one attached hydrogen (secondary N) is 3. The fourth-order valence-corrected chi connectivity index (χ4v) is 2.29. The van der Waals surface area contributed by atoms with Crippen LogP contribution in [0.1, 0.15) is 34.1 Å². The first kappa shape index (κ1) is 15.9. The van der Waals surface area contributed by atoms with E-state index in [9.17, 15) is 9.59 Å². The molecule has 6 nitrogen and oxygen atoms in total. The van der Waals surface area contributed by atoms with E-state index in [1.54, 1.807) is 0 Å². The van der Waals surface area contributed by atoms with Gasteiger partial charge in [0.2, 0.25) is 0 Å². The van der Waals surface area contributed by atoms with E-state index in [0.29, 0.717) is 6.54 Å². The molecule has 110 valence electrons. The third-order valence-electron chi connectivity index (χ3n) is 3.27. The van der Waals surface area contributed by atoms with Crippen molar-refractivity contribution in [1.29, 1.82) is 0 Å². The summed E-state index contributed by atoms with van der Waals surface area (Å²) in [5.74, 6) is -0.239. The maximum Gasteiger partial charge on any atom is 0.321 e. The van der Waals surface area contributed by atoms with E-state index in [1.165, 1.54) is 0 Å². The molecule has 1 saturated heterocycles. The molecule has 0 saturated carbocycles. The number of hydrogen-bond donors (Lipinski definition) is 3. The van der Waals surface area contributed by atoms with Crippen molar-refractivity contribution >= 4 is 11.9 Å². The molecule has 1 fully saturated rings. The maximum atomic E-state index is 11.8. The minimum atomic E-state index is -0.409. The van der Waals surface area contributed by atoms with Gasteiger partial charge in [-0.05, 0) is 27.2 Å². The number of rotatable bonds is 4. The van der Waals surface area contributed by atoms with Gasteiger partial charge in [0.1, 0.15) is 25.3 Å². The number of urea groups is 1. The molecule has 1 aliphatic rings. The first-order valence-corrected chi connectivity index (χ1v) is 7.00. The fourth-order valence-electron chi connectivity index (χ4n) is 2.29. The molecule has 6 heteroatoms. The third-order valence-corrected chi connectivity index (χ3v) is 3.27. The maximum absolute atomic E-state index is 11.8. The van der Waals surface area contributed by atoms with E-state index in [4.69, 9.17) is 4.74 Å². The predicted molar refractivity (Wildman–Crippen MR) is 72.0 cm³/mol. The van der Waals surface area contributed by atoms with Crippen LogP contribution in [0.4, 0.5) is 4.79 Å². The molecule has 1 rings (SSSR count). The largest absolute Gasteiger partial charge is 0.364 e. The van der Waals surface area contributed by atoms with Crippen LogP contribution in [0.5, 0.6) is 0 Å². The molecular formula is C13H26N3O3+. The van der Waals surface area contributed by atoms with E-state index in [-0.39, 0.29) is 24.2 Å². The summed E-state index contributed by atoms with van der Waals surface area (Å²) in [5, 5.41) is 5.08. The number of hydrogen-bond acceptors (Lipinski definition) is 3. The minimum absolute atomic E-state index is 0.0728. The van der Waals surface area contributed by atoms with Crippen molar-refractivity contribution in [3.8, 4) is 0 Å².